The summed E-state index contributed by atoms with van der Waals surface area (Å²) in [5.41, 5.74) is 0.661. The van der Waals surface area contributed by atoms with Crippen LogP contribution in [0.2, 0.25) is 0 Å². The molecule has 0 radical (unpaired) electrons. The Kier molecular flexibility index (Phi) is 3.04. The van der Waals surface area contributed by atoms with Crippen LogP contribution >= 0.6 is 10.7 Å². The third-order valence-electron chi connectivity index (χ3n) is 2.70. The van der Waals surface area contributed by atoms with Gasteiger partial charge in [-0.05, 0) is 35.4 Å². The highest BCUT2D eigenvalue weighted by molar-refractivity contribution is 8.13. The van der Waals surface area contributed by atoms with Gasteiger partial charge >= 0.3 is 5.97 Å². The van der Waals surface area contributed by atoms with Gasteiger partial charge in [-0.3, -0.25) is 0 Å². The fourth-order valence-corrected chi connectivity index (χ4v) is 2.62. The van der Waals surface area contributed by atoms with Crippen LogP contribution in [0.25, 0.3) is 10.8 Å². The Morgan fingerprint density at radius 2 is 1.83 bits per heavy atom. The van der Waals surface area contributed by atoms with E-state index in [2.05, 4.69) is 0 Å². The lowest BCUT2D eigenvalue weighted by molar-refractivity contribution is 0.0698. The first kappa shape index (κ1) is 12.9. The van der Waals surface area contributed by atoms with E-state index in [4.69, 9.17) is 10.7 Å². The first-order valence-corrected chi connectivity index (χ1v) is 7.33. The molecular formula is C12H9ClO4S. The highest BCUT2D eigenvalue weighted by atomic mass is 35.7. The number of aromatic carboxylic acids is 1. The van der Waals surface area contributed by atoms with Crippen molar-refractivity contribution in [2.24, 2.45) is 0 Å². The molecule has 2 aromatic carbocycles. The molecule has 6 heteroatoms. The van der Waals surface area contributed by atoms with Crippen LogP contribution in [-0.2, 0) is 9.05 Å². The lowest BCUT2D eigenvalue weighted by Gasteiger charge is -2.07. The molecule has 0 fully saturated rings. The topological polar surface area (TPSA) is 71.4 Å². The summed E-state index contributed by atoms with van der Waals surface area (Å²) >= 11 is 0. The van der Waals surface area contributed by atoms with Crippen molar-refractivity contribution < 1.29 is 18.3 Å². The van der Waals surface area contributed by atoms with Gasteiger partial charge in [-0.15, -0.1) is 0 Å². The van der Waals surface area contributed by atoms with E-state index in [1.165, 1.54) is 18.2 Å². The minimum absolute atomic E-state index is 0.0923. The number of rotatable bonds is 2. The number of carboxylic acids is 1. The van der Waals surface area contributed by atoms with E-state index in [1.807, 2.05) is 0 Å². The molecule has 94 valence electrons. The molecule has 0 aromatic heterocycles. The van der Waals surface area contributed by atoms with Crippen LogP contribution in [0, 0.1) is 6.92 Å². The number of fused-ring (bicyclic) bond motifs is 1. The van der Waals surface area contributed by atoms with Crippen molar-refractivity contribution in [2.75, 3.05) is 0 Å². The van der Waals surface area contributed by atoms with E-state index in [-0.39, 0.29) is 10.5 Å². The highest BCUT2D eigenvalue weighted by Crippen LogP contribution is 2.26. The molecule has 2 rings (SSSR count). The van der Waals surface area contributed by atoms with Gasteiger partial charge in [-0.25, -0.2) is 13.2 Å². The van der Waals surface area contributed by atoms with Crippen molar-refractivity contribution in [1.82, 2.24) is 0 Å². The maximum absolute atomic E-state index is 11.3. The summed E-state index contributed by atoms with van der Waals surface area (Å²) in [5.74, 6) is -1.10. The molecule has 0 aliphatic rings. The molecule has 0 saturated heterocycles. The smallest absolute Gasteiger partial charge is 0.336 e. The van der Waals surface area contributed by atoms with Crippen LogP contribution in [0.5, 0.6) is 0 Å². The SMILES string of the molecule is Cc1ccc2ccc(S(=O)(=O)Cl)cc2c1C(=O)O. The molecule has 4 nitrogen and oxygen atoms in total. The Bertz CT molecular complexity index is 750. The lowest BCUT2D eigenvalue weighted by atomic mass is 10.00. The van der Waals surface area contributed by atoms with E-state index in [1.54, 1.807) is 19.1 Å². The highest BCUT2D eigenvalue weighted by Gasteiger charge is 2.16. The van der Waals surface area contributed by atoms with E-state index >= 15 is 0 Å². The van der Waals surface area contributed by atoms with Gasteiger partial charge in [-0.2, -0.15) is 0 Å². The van der Waals surface area contributed by atoms with Crippen molar-refractivity contribution in [3.63, 3.8) is 0 Å². The van der Waals surface area contributed by atoms with Crippen LogP contribution in [0.15, 0.2) is 35.2 Å². The van der Waals surface area contributed by atoms with Gasteiger partial charge in [-0.1, -0.05) is 18.2 Å². The van der Waals surface area contributed by atoms with Crippen molar-refractivity contribution >= 4 is 36.5 Å². The predicted molar refractivity (Wildman–Crippen MR) is 68.7 cm³/mol. The van der Waals surface area contributed by atoms with Crippen molar-refractivity contribution in [3.05, 3.63) is 41.5 Å². The summed E-state index contributed by atoms with van der Waals surface area (Å²) in [6, 6.07) is 7.60. The fourth-order valence-electron chi connectivity index (χ4n) is 1.84. The van der Waals surface area contributed by atoms with Crippen LogP contribution in [0.3, 0.4) is 0 Å². The van der Waals surface area contributed by atoms with Gasteiger partial charge in [0.2, 0.25) is 0 Å². The maximum Gasteiger partial charge on any atom is 0.336 e. The number of hydrogen-bond acceptors (Lipinski definition) is 3. The summed E-state index contributed by atoms with van der Waals surface area (Å²) in [5, 5.41) is 10.2. The molecule has 0 amide bonds. The number of carboxylic acid groups (broad SMARTS) is 1. The molecule has 18 heavy (non-hydrogen) atoms. The molecule has 2 aromatic rings. The Morgan fingerprint density at radius 3 is 2.39 bits per heavy atom. The largest absolute Gasteiger partial charge is 0.478 e. The molecular weight excluding hydrogens is 276 g/mol. The van der Waals surface area contributed by atoms with Crippen molar-refractivity contribution in [3.8, 4) is 0 Å². The van der Waals surface area contributed by atoms with Crippen LogP contribution in [0.1, 0.15) is 15.9 Å². The molecule has 0 bridgehead atoms. The predicted octanol–water partition coefficient (Wildman–Crippen LogP) is 2.77. The second kappa shape index (κ2) is 4.26. The lowest BCUT2D eigenvalue weighted by Crippen LogP contribution is -2.01. The Morgan fingerprint density at radius 1 is 1.22 bits per heavy atom. The molecule has 0 saturated carbocycles. The van der Waals surface area contributed by atoms with Gasteiger partial charge in [0, 0.05) is 10.7 Å². The summed E-state index contributed by atoms with van der Waals surface area (Å²) in [6.07, 6.45) is 0. The minimum Gasteiger partial charge on any atom is -0.478 e. The van der Waals surface area contributed by atoms with E-state index in [9.17, 15) is 18.3 Å². The molecule has 0 unspecified atom stereocenters. The van der Waals surface area contributed by atoms with Crippen molar-refractivity contribution in [1.29, 1.82) is 0 Å². The van der Waals surface area contributed by atoms with Gasteiger partial charge in [0.1, 0.15) is 0 Å². The quantitative estimate of drug-likeness (QED) is 0.861. The molecule has 0 aliphatic carbocycles. The zero-order valence-corrected chi connectivity index (χ0v) is 10.9. The second-order valence-corrected chi connectivity index (χ2v) is 6.45. The Labute approximate surface area is 108 Å². The molecule has 0 atom stereocenters. The van der Waals surface area contributed by atoms with Gasteiger partial charge in [0.05, 0.1) is 10.5 Å². The number of benzene rings is 2. The number of hydrogen-bond donors (Lipinski definition) is 1. The fraction of sp³-hybridized carbons (Fsp3) is 0.0833. The summed E-state index contributed by atoms with van der Waals surface area (Å²) in [7, 11) is 1.39. The van der Waals surface area contributed by atoms with Crippen molar-refractivity contribution in [2.45, 2.75) is 11.8 Å². The molecule has 1 N–H and O–H groups in total. The first-order chi connectivity index (χ1) is 8.30. The monoisotopic (exact) mass is 284 g/mol. The average Bonchev–Trinajstić information content (AvgIpc) is 2.26. The van der Waals surface area contributed by atoms with Gasteiger partial charge in [0.25, 0.3) is 9.05 Å². The average molecular weight is 285 g/mol. The Hall–Kier alpha value is -1.59. The van der Waals surface area contributed by atoms with Crippen LogP contribution in [0.4, 0.5) is 0 Å². The molecule has 0 heterocycles. The van der Waals surface area contributed by atoms with E-state index in [0.29, 0.717) is 16.3 Å². The maximum atomic E-state index is 11.3. The number of carbonyl (C=O) groups is 1. The molecule has 0 aliphatic heterocycles. The third-order valence-corrected chi connectivity index (χ3v) is 4.05. The van der Waals surface area contributed by atoms with E-state index < -0.39 is 15.0 Å². The molecule has 0 spiro atoms. The summed E-state index contributed by atoms with van der Waals surface area (Å²) in [6.45, 7) is 1.66. The summed E-state index contributed by atoms with van der Waals surface area (Å²) in [4.78, 5) is 11.1. The minimum atomic E-state index is -3.87. The zero-order chi connectivity index (χ0) is 13.5. The standard InChI is InChI=1S/C12H9ClO4S/c1-7-2-3-8-4-5-9(18(13,16)17)6-10(8)11(7)12(14)15/h2-6H,1H3,(H,14,15). The van der Waals surface area contributed by atoms with Gasteiger partial charge < -0.3 is 5.11 Å². The number of halogens is 1. The Balaban J connectivity index is 2.90. The van der Waals surface area contributed by atoms with Crippen LogP contribution in [-0.4, -0.2) is 19.5 Å². The van der Waals surface area contributed by atoms with Crippen LogP contribution < -0.4 is 0 Å². The van der Waals surface area contributed by atoms with Gasteiger partial charge in [0.15, 0.2) is 0 Å². The van der Waals surface area contributed by atoms with E-state index in [0.717, 1.165) is 0 Å². The number of aryl methyl sites for hydroxylation is 1. The second-order valence-electron chi connectivity index (χ2n) is 3.88. The zero-order valence-electron chi connectivity index (χ0n) is 9.34. The third kappa shape index (κ3) is 2.19. The first-order valence-electron chi connectivity index (χ1n) is 5.02. The normalized spacial score (nSPS) is 11.7. The summed E-state index contributed by atoms with van der Waals surface area (Å²) < 4.78 is 22.5.